The number of azide groups is 1. The standard InChI is InChI=1S/C35H34ClN5O6S/c36-28-10-6-8-25(22-28)23-38-34(43)35(18-21-48(44,45)30-11-2-1-3-12-30)32(31-13-5-4-9-27(31)24-39-41-37)47-33(40-35)26-14-16-29(17-15-26)46-20-7-19-42/h1-6,8-17,22,32,42H,7,18-21,23-24H2,(H,38,43)/t32-,35-/m1/s1. The molecular formula is C35H34ClN5O6S. The summed E-state index contributed by atoms with van der Waals surface area (Å²) in [6, 6.07) is 29.1. The van der Waals surface area contributed by atoms with Crippen molar-refractivity contribution in [3.63, 3.8) is 0 Å². The third kappa shape index (κ3) is 8.15. The summed E-state index contributed by atoms with van der Waals surface area (Å²) in [5.41, 5.74) is 9.73. The van der Waals surface area contributed by atoms with Crippen molar-refractivity contribution in [2.24, 2.45) is 10.1 Å². The zero-order chi connectivity index (χ0) is 34.0. The monoisotopic (exact) mass is 687 g/mol. The van der Waals surface area contributed by atoms with Crippen LogP contribution >= 0.6 is 11.6 Å². The Bertz CT molecular complexity index is 1920. The van der Waals surface area contributed by atoms with E-state index in [9.17, 15) is 13.2 Å². The van der Waals surface area contributed by atoms with Gasteiger partial charge in [0.1, 0.15) is 5.75 Å². The van der Waals surface area contributed by atoms with Gasteiger partial charge in [0.25, 0.3) is 5.91 Å². The van der Waals surface area contributed by atoms with Gasteiger partial charge in [-0.3, -0.25) is 4.79 Å². The number of carbonyl (C=O) groups is 1. The smallest absolute Gasteiger partial charge is 0.252 e. The highest BCUT2D eigenvalue weighted by Crippen LogP contribution is 2.44. The molecule has 0 saturated carbocycles. The number of carbonyl (C=O) groups excluding carboxylic acids is 1. The van der Waals surface area contributed by atoms with Crippen molar-refractivity contribution in [2.75, 3.05) is 19.0 Å². The molecule has 0 saturated heterocycles. The van der Waals surface area contributed by atoms with Crippen LogP contribution in [0, 0.1) is 0 Å². The molecule has 2 atom stereocenters. The Kier molecular flexibility index (Phi) is 11.4. The molecule has 0 unspecified atom stereocenters. The molecule has 0 radical (unpaired) electrons. The summed E-state index contributed by atoms with van der Waals surface area (Å²) in [5.74, 6) is -0.251. The number of nitrogens with one attached hydrogen (secondary N) is 1. The summed E-state index contributed by atoms with van der Waals surface area (Å²) in [6.07, 6.45) is -0.825. The fourth-order valence-electron chi connectivity index (χ4n) is 5.41. The predicted octanol–water partition coefficient (Wildman–Crippen LogP) is 6.35. The summed E-state index contributed by atoms with van der Waals surface area (Å²) in [4.78, 5) is 22.5. The first-order chi connectivity index (χ1) is 23.3. The quantitative estimate of drug-likeness (QED) is 0.0640. The number of aliphatic hydroxyl groups excluding tert-OH is 1. The van der Waals surface area contributed by atoms with Crippen LogP contribution in [0.2, 0.25) is 5.02 Å². The normalized spacial score (nSPS) is 17.1. The number of aliphatic hydroxyl groups is 1. The van der Waals surface area contributed by atoms with Gasteiger partial charge in [-0.2, -0.15) is 0 Å². The molecule has 0 spiro atoms. The lowest BCUT2D eigenvalue weighted by molar-refractivity contribution is -0.129. The van der Waals surface area contributed by atoms with E-state index in [1.807, 2.05) is 6.07 Å². The zero-order valence-corrected chi connectivity index (χ0v) is 27.5. The van der Waals surface area contributed by atoms with Gasteiger partial charge >= 0.3 is 0 Å². The molecule has 11 nitrogen and oxygen atoms in total. The van der Waals surface area contributed by atoms with Crippen molar-refractivity contribution in [1.82, 2.24) is 5.32 Å². The van der Waals surface area contributed by atoms with Crippen molar-refractivity contribution in [3.05, 3.63) is 141 Å². The average Bonchev–Trinajstić information content (AvgIpc) is 3.50. The predicted molar refractivity (Wildman–Crippen MR) is 182 cm³/mol. The van der Waals surface area contributed by atoms with Crippen LogP contribution in [-0.4, -0.2) is 49.8 Å². The van der Waals surface area contributed by atoms with Gasteiger partial charge in [0.05, 0.1) is 23.8 Å². The van der Waals surface area contributed by atoms with Gasteiger partial charge in [-0.05, 0) is 70.8 Å². The van der Waals surface area contributed by atoms with E-state index in [0.717, 1.165) is 5.56 Å². The first-order valence-corrected chi connectivity index (χ1v) is 17.3. The van der Waals surface area contributed by atoms with E-state index in [2.05, 4.69) is 15.3 Å². The lowest BCUT2D eigenvalue weighted by Crippen LogP contribution is -2.49. The third-order valence-corrected chi connectivity index (χ3v) is 9.84. The van der Waals surface area contributed by atoms with E-state index in [0.29, 0.717) is 40.5 Å². The van der Waals surface area contributed by atoms with Crippen LogP contribution in [0.5, 0.6) is 5.75 Å². The minimum absolute atomic E-state index is 0.00667. The van der Waals surface area contributed by atoms with Crippen LogP contribution in [0.4, 0.5) is 0 Å². The van der Waals surface area contributed by atoms with Crippen molar-refractivity contribution in [3.8, 4) is 5.75 Å². The number of hydrogen-bond donors (Lipinski definition) is 2. The number of sulfone groups is 1. The van der Waals surface area contributed by atoms with Gasteiger partial charge in [0, 0.05) is 41.5 Å². The molecule has 0 aromatic heterocycles. The van der Waals surface area contributed by atoms with E-state index in [1.54, 1.807) is 84.9 Å². The van der Waals surface area contributed by atoms with E-state index < -0.39 is 33.1 Å². The Balaban J connectivity index is 1.60. The number of amides is 1. The number of benzene rings is 4. The molecule has 0 aliphatic carbocycles. The molecule has 5 rings (SSSR count). The highest BCUT2D eigenvalue weighted by molar-refractivity contribution is 7.91. The Hall–Kier alpha value is -4.87. The molecule has 248 valence electrons. The molecule has 4 aromatic rings. The lowest BCUT2D eigenvalue weighted by atomic mass is 9.83. The molecule has 0 bridgehead atoms. The Morgan fingerprint density at radius 2 is 1.79 bits per heavy atom. The highest BCUT2D eigenvalue weighted by atomic mass is 35.5. The molecule has 2 N–H and O–H groups in total. The Morgan fingerprint density at radius 3 is 2.52 bits per heavy atom. The Morgan fingerprint density at radius 1 is 1.04 bits per heavy atom. The SMILES string of the molecule is [N-]=[N+]=NCc1ccccc1[C@H]1OC(c2ccc(OCCCO)cc2)=N[C@@]1(CCS(=O)(=O)c1ccccc1)C(=O)NCc1cccc(Cl)c1. The van der Waals surface area contributed by atoms with E-state index in [1.165, 1.54) is 12.1 Å². The van der Waals surface area contributed by atoms with E-state index in [4.69, 9.17) is 36.7 Å². The number of ether oxygens (including phenoxy) is 2. The van der Waals surface area contributed by atoms with Crippen LogP contribution in [0.3, 0.4) is 0 Å². The number of nitrogens with zero attached hydrogens (tertiary/aromatic N) is 4. The van der Waals surface area contributed by atoms with Gasteiger partial charge in [-0.25, -0.2) is 13.4 Å². The zero-order valence-electron chi connectivity index (χ0n) is 25.9. The molecule has 1 heterocycles. The van der Waals surface area contributed by atoms with Gasteiger partial charge in [-0.15, -0.1) is 0 Å². The molecule has 1 amide bonds. The van der Waals surface area contributed by atoms with Crippen molar-refractivity contribution < 1.29 is 27.8 Å². The first kappa shape index (κ1) is 34.5. The van der Waals surface area contributed by atoms with Crippen LogP contribution in [0.15, 0.2) is 118 Å². The Labute approximate surface area is 283 Å². The topological polar surface area (TPSA) is 163 Å². The summed E-state index contributed by atoms with van der Waals surface area (Å²) < 4.78 is 39.4. The maximum Gasteiger partial charge on any atom is 0.252 e. The van der Waals surface area contributed by atoms with E-state index >= 15 is 0 Å². The second kappa shape index (κ2) is 15.8. The van der Waals surface area contributed by atoms with Gasteiger partial charge in [0.2, 0.25) is 5.90 Å². The fraction of sp³-hybridized carbons (Fsp3) is 0.257. The maximum atomic E-state index is 14.5. The van der Waals surface area contributed by atoms with E-state index in [-0.39, 0.29) is 36.9 Å². The third-order valence-electron chi connectivity index (χ3n) is 7.87. The van der Waals surface area contributed by atoms with Gasteiger partial charge < -0.3 is 19.9 Å². The molecule has 13 heteroatoms. The first-order valence-electron chi connectivity index (χ1n) is 15.3. The summed E-state index contributed by atoms with van der Waals surface area (Å²) in [6.45, 7) is 0.421. The summed E-state index contributed by atoms with van der Waals surface area (Å²) in [7, 11) is -3.84. The lowest BCUT2D eigenvalue weighted by Gasteiger charge is -2.31. The molecule has 4 aromatic carbocycles. The number of hydrogen-bond acceptors (Lipinski definition) is 8. The molecular weight excluding hydrogens is 654 g/mol. The minimum atomic E-state index is -3.84. The van der Waals surface area contributed by atoms with Crippen LogP contribution in [0.25, 0.3) is 10.4 Å². The number of halogens is 1. The van der Waals surface area contributed by atoms with Crippen LogP contribution in [0.1, 0.15) is 41.2 Å². The summed E-state index contributed by atoms with van der Waals surface area (Å²) >= 11 is 6.19. The summed E-state index contributed by atoms with van der Waals surface area (Å²) in [5, 5.41) is 16.3. The average molecular weight is 688 g/mol. The van der Waals surface area contributed by atoms with Crippen molar-refractivity contribution >= 4 is 33.2 Å². The van der Waals surface area contributed by atoms with Crippen molar-refractivity contribution in [2.45, 2.75) is 42.5 Å². The van der Waals surface area contributed by atoms with Gasteiger partial charge in [-0.1, -0.05) is 71.3 Å². The highest BCUT2D eigenvalue weighted by Gasteiger charge is 2.54. The minimum Gasteiger partial charge on any atom is -0.494 e. The second-order valence-corrected chi connectivity index (χ2v) is 13.6. The second-order valence-electron chi connectivity index (χ2n) is 11.1. The maximum absolute atomic E-state index is 14.5. The van der Waals surface area contributed by atoms with Crippen LogP contribution < -0.4 is 10.1 Å². The molecule has 1 aliphatic heterocycles. The van der Waals surface area contributed by atoms with Gasteiger partial charge in [0.15, 0.2) is 21.5 Å². The fourth-order valence-corrected chi connectivity index (χ4v) is 7.01. The van der Waals surface area contributed by atoms with Crippen LogP contribution in [-0.2, 0) is 32.5 Å². The molecule has 0 fully saturated rings. The van der Waals surface area contributed by atoms with Crippen molar-refractivity contribution in [1.29, 1.82) is 0 Å². The molecule has 1 aliphatic rings. The largest absolute Gasteiger partial charge is 0.494 e. The molecule has 48 heavy (non-hydrogen) atoms. The number of aliphatic imine (C=N–C) groups is 1. The number of rotatable bonds is 15.